The zero-order valence-electron chi connectivity index (χ0n) is 11.0. The van der Waals surface area contributed by atoms with Gasteiger partial charge in [0.15, 0.2) is 0 Å². The van der Waals surface area contributed by atoms with E-state index in [2.05, 4.69) is 38.1 Å². The molecule has 0 amide bonds. The monoisotopic (exact) mass is 246 g/mol. The highest BCUT2D eigenvalue weighted by Gasteiger charge is 2.06. The van der Waals surface area contributed by atoms with Gasteiger partial charge in [0.25, 0.3) is 0 Å². The van der Waals surface area contributed by atoms with E-state index in [1.165, 1.54) is 5.56 Å². The van der Waals surface area contributed by atoms with Crippen LogP contribution in [0.1, 0.15) is 22.4 Å². The Morgan fingerprint density at radius 2 is 1.83 bits per heavy atom. The molecule has 96 valence electrons. The predicted molar refractivity (Wildman–Crippen MR) is 70.8 cm³/mol. The molecule has 18 heavy (non-hydrogen) atoms. The van der Waals surface area contributed by atoms with Crippen LogP contribution < -0.4 is 10.5 Å². The van der Waals surface area contributed by atoms with E-state index < -0.39 is 0 Å². The van der Waals surface area contributed by atoms with Crippen molar-refractivity contribution in [1.82, 2.24) is 5.16 Å². The summed E-state index contributed by atoms with van der Waals surface area (Å²) in [6, 6.07) is 5.96. The molecule has 2 rings (SSSR count). The molecule has 4 nitrogen and oxygen atoms in total. The molecule has 1 heterocycles. The molecule has 4 heteroatoms. The SMILES string of the molecule is Cc1cc(C)c(OCCc2cc(N)on2)c(C)c1. The van der Waals surface area contributed by atoms with E-state index in [1.54, 1.807) is 6.07 Å². The highest BCUT2D eigenvalue weighted by molar-refractivity contribution is 5.42. The van der Waals surface area contributed by atoms with Crippen molar-refractivity contribution in [3.05, 3.63) is 40.6 Å². The van der Waals surface area contributed by atoms with Gasteiger partial charge in [0.05, 0.1) is 12.3 Å². The van der Waals surface area contributed by atoms with Crippen molar-refractivity contribution in [2.24, 2.45) is 0 Å². The normalized spacial score (nSPS) is 10.6. The molecule has 0 aliphatic heterocycles. The lowest BCUT2D eigenvalue weighted by atomic mass is 10.1. The topological polar surface area (TPSA) is 61.3 Å². The first-order valence-corrected chi connectivity index (χ1v) is 5.98. The second-order valence-corrected chi connectivity index (χ2v) is 4.55. The van der Waals surface area contributed by atoms with E-state index >= 15 is 0 Å². The largest absolute Gasteiger partial charge is 0.493 e. The summed E-state index contributed by atoms with van der Waals surface area (Å²) in [6.45, 7) is 6.77. The molecule has 1 aromatic heterocycles. The summed E-state index contributed by atoms with van der Waals surface area (Å²) in [5.41, 5.74) is 9.84. The first kappa shape index (κ1) is 12.5. The van der Waals surface area contributed by atoms with Gasteiger partial charge in [-0.15, -0.1) is 0 Å². The van der Waals surface area contributed by atoms with Crippen LogP contribution in [0, 0.1) is 20.8 Å². The second-order valence-electron chi connectivity index (χ2n) is 4.55. The number of rotatable bonds is 4. The van der Waals surface area contributed by atoms with Crippen LogP contribution in [0.25, 0.3) is 0 Å². The molecule has 0 unspecified atom stereocenters. The highest BCUT2D eigenvalue weighted by Crippen LogP contribution is 2.24. The van der Waals surface area contributed by atoms with Crippen molar-refractivity contribution in [2.45, 2.75) is 27.2 Å². The number of benzene rings is 1. The summed E-state index contributed by atoms with van der Waals surface area (Å²) in [7, 11) is 0. The molecular weight excluding hydrogens is 228 g/mol. The Balaban J connectivity index is 1.98. The van der Waals surface area contributed by atoms with Crippen molar-refractivity contribution in [1.29, 1.82) is 0 Å². The average molecular weight is 246 g/mol. The third-order valence-electron chi connectivity index (χ3n) is 2.79. The molecule has 0 fully saturated rings. The van der Waals surface area contributed by atoms with Gasteiger partial charge in [0.2, 0.25) is 5.88 Å². The number of nitrogen functional groups attached to an aromatic ring is 1. The summed E-state index contributed by atoms with van der Waals surface area (Å²) < 4.78 is 10.6. The fourth-order valence-corrected chi connectivity index (χ4v) is 2.10. The first-order valence-electron chi connectivity index (χ1n) is 5.98. The molecule has 1 aromatic carbocycles. The number of nitrogens with two attached hydrogens (primary N) is 1. The average Bonchev–Trinajstić information content (AvgIpc) is 2.68. The standard InChI is InChI=1S/C14H18N2O2/c1-9-6-10(2)14(11(3)7-9)17-5-4-12-8-13(15)18-16-12/h6-8H,4-5,15H2,1-3H3. The molecule has 0 saturated carbocycles. The van der Waals surface area contributed by atoms with E-state index in [4.69, 9.17) is 15.0 Å². The van der Waals surface area contributed by atoms with E-state index in [0.717, 1.165) is 22.6 Å². The fraction of sp³-hybridized carbons (Fsp3) is 0.357. The lowest BCUT2D eigenvalue weighted by Gasteiger charge is -2.12. The first-order chi connectivity index (χ1) is 8.56. The van der Waals surface area contributed by atoms with Crippen LogP contribution in [-0.4, -0.2) is 11.8 Å². The van der Waals surface area contributed by atoms with Gasteiger partial charge in [-0.2, -0.15) is 0 Å². The second kappa shape index (κ2) is 5.12. The minimum Gasteiger partial charge on any atom is -0.493 e. The Kier molecular flexibility index (Phi) is 3.55. The number of hydrogen-bond acceptors (Lipinski definition) is 4. The Hall–Kier alpha value is -1.97. The molecule has 0 bridgehead atoms. The number of aryl methyl sites for hydroxylation is 3. The molecule has 0 radical (unpaired) electrons. The lowest BCUT2D eigenvalue weighted by Crippen LogP contribution is -2.04. The van der Waals surface area contributed by atoms with Gasteiger partial charge in [-0.1, -0.05) is 22.9 Å². The fourth-order valence-electron chi connectivity index (χ4n) is 2.10. The van der Waals surface area contributed by atoms with Crippen molar-refractivity contribution in [2.75, 3.05) is 12.3 Å². The third kappa shape index (κ3) is 2.83. The quantitative estimate of drug-likeness (QED) is 0.901. The minimum atomic E-state index is 0.340. The van der Waals surface area contributed by atoms with E-state index in [-0.39, 0.29) is 0 Å². The zero-order chi connectivity index (χ0) is 13.1. The van der Waals surface area contributed by atoms with Crippen LogP contribution in [0.3, 0.4) is 0 Å². The number of ether oxygens (including phenoxy) is 1. The smallest absolute Gasteiger partial charge is 0.222 e. The van der Waals surface area contributed by atoms with Crippen LogP contribution in [0.15, 0.2) is 22.7 Å². The zero-order valence-corrected chi connectivity index (χ0v) is 11.0. The van der Waals surface area contributed by atoms with Gasteiger partial charge < -0.3 is 15.0 Å². The van der Waals surface area contributed by atoms with Gasteiger partial charge in [-0.3, -0.25) is 0 Å². The predicted octanol–water partition coefficient (Wildman–Crippen LogP) is 2.80. The highest BCUT2D eigenvalue weighted by atomic mass is 16.5. The van der Waals surface area contributed by atoms with E-state index in [0.29, 0.717) is 18.9 Å². The van der Waals surface area contributed by atoms with Crippen molar-refractivity contribution in [3.8, 4) is 5.75 Å². The molecule has 0 atom stereocenters. The van der Waals surface area contributed by atoms with Gasteiger partial charge >= 0.3 is 0 Å². The molecule has 2 N–H and O–H groups in total. The van der Waals surface area contributed by atoms with Gasteiger partial charge in [0, 0.05) is 12.5 Å². The Labute approximate surface area is 107 Å². The molecule has 0 saturated heterocycles. The van der Waals surface area contributed by atoms with Crippen LogP contribution >= 0.6 is 0 Å². The Morgan fingerprint density at radius 1 is 1.17 bits per heavy atom. The maximum Gasteiger partial charge on any atom is 0.222 e. The molecule has 0 aliphatic carbocycles. The summed E-state index contributed by atoms with van der Waals surface area (Å²) in [5.74, 6) is 1.30. The molecule has 2 aromatic rings. The van der Waals surface area contributed by atoms with Crippen molar-refractivity contribution < 1.29 is 9.26 Å². The summed E-state index contributed by atoms with van der Waals surface area (Å²) >= 11 is 0. The number of hydrogen-bond donors (Lipinski definition) is 1. The maximum absolute atomic E-state index is 5.81. The lowest BCUT2D eigenvalue weighted by molar-refractivity contribution is 0.312. The minimum absolute atomic E-state index is 0.340. The molecule has 0 spiro atoms. The summed E-state index contributed by atoms with van der Waals surface area (Å²) in [6.07, 6.45) is 0.688. The van der Waals surface area contributed by atoms with Crippen LogP contribution in [0.4, 0.5) is 5.88 Å². The Morgan fingerprint density at radius 3 is 2.39 bits per heavy atom. The van der Waals surface area contributed by atoms with E-state index in [9.17, 15) is 0 Å². The molecule has 0 aliphatic rings. The van der Waals surface area contributed by atoms with Gasteiger partial charge in [-0.25, -0.2) is 0 Å². The van der Waals surface area contributed by atoms with Crippen LogP contribution in [0.2, 0.25) is 0 Å². The van der Waals surface area contributed by atoms with Crippen molar-refractivity contribution in [3.63, 3.8) is 0 Å². The van der Waals surface area contributed by atoms with Gasteiger partial charge in [-0.05, 0) is 31.9 Å². The number of nitrogens with zero attached hydrogens (tertiary/aromatic N) is 1. The summed E-state index contributed by atoms with van der Waals surface area (Å²) in [4.78, 5) is 0. The van der Waals surface area contributed by atoms with E-state index in [1.807, 2.05) is 0 Å². The van der Waals surface area contributed by atoms with Crippen LogP contribution in [0.5, 0.6) is 5.75 Å². The number of anilines is 1. The summed E-state index contributed by atoms with van der Waals surface area (Å²) in [5, 5.41) is 3.83. The van der Waals surface area contributed by atoms with Crippen LogP contribution in [-0.2, 0) is 6.42 Å². The molecular formula is C14H18N2O2. The number of aromatic nitrogens is 1. The maximum atomic E-state index is 5.81. The van der Waals surface area contributed by atoms with Gasteiger partial charge in [0.1, 0.15) is 5.75 Å². The Bertz CT molecular complexity index is 523. The van der Waals surface area contributed by atoms with Crippen molar-refractivity contribution >= 4 is 5.88 Å². The third-order valence-corrected chi connectivity index (χ3v) is 2.79.